The van der Waals surface area contributed by atoms with Crippen LogP contribution < -0.4 is 15.8 Å². The van der Waals surface area contributed by atoms with Crippen LogP contribution in [0.2, 0.25) is 0 Å². The number of hydrogen-bond donors (Lipinski definition) is 2. The third-order valence-corrected chi connectivity index (χ3v) is 3.17. The molecule has 0 fully saturated rings. The van der Waals surface area contributed by atoms with Gasteiger partial charge in [0.25, 0.3) is 0 Å². The molecule has 0 saturated heterocycles. The maximum absolute atomic E-state index is 13.1. The molecule has 1 heterocycles. The molecule has 2 aromatic rings. The van der Waals surface area contributed by atoms with E-state index in [1.165, 1.54) is 23.7 Å². The minimum Gasteiger partial charge on any atom is -0.484 e. The summed E-state index contributed by atoms with van der Waals surface area (Å²) in [5.74, 6) is 0.693. The van der Waals surface area contributed by atoms with E-state index in [9.17, 15) is 4.39 Å². The lowest BCUT2D eigenvalue weighted by Crippen LogP contribution is -2.08. The molecule has 3 N–H and O–H groups in total. The predicted molar refractivity (Wildman–Crippen MR) is 76.0 cm³/mol. The summed E-state index contributed by atoms with van der Waals surface area (Å²) in [6.45, 7) is 4.34. The lowest BCUT2D eigenvalue weighted by Gasteiger charge is -2.11. The van der Waals surface area contributed by atoms with E-state index in [1.54, 1.807) is 6.07 Å². The van der Waals surface area contributed by atoms with Gasteiger partial charge in [0, 0.05) is 6.54 Å². The third-order valence-electron chi connectivity index (χ3n) is 2.37. The van der Waals surface area contributed by atoms with Gasteiger partial charge in [0.05, 0.1) is 6.10 Å². The Morgan fingerprint density at radius 1 is 1.47 bits per heavy atom. The number of nitrogens with zero attached hydrogens (tertiary/aromatic N) is 1. The van der Waals surface area contributed by atoms with E-state index in [2.05, 4.69) is 9.69 Å². The zero-order valence-corrected chi connectivity index (χ0v) is 11.6. The summed E-state index contributed by atoms with van der Waals surface area (Å²) < 4.78 is 22.7. The van der Waals surface area contributed by atoms with E-state index >= 15 is 0 Å². The molecule has 0 radical (unpaired) electrons. The molecule has 1 aromatic carbocycles. The summed E-state index contributed by atoms with van der Waals surface area (Å²) in [5.41, 5.74) is 6.61. The van der Waals surface area contributed by atoms with Crippen LogP contribution in [0.1, 0.15) is 19.4 Å². The van der Waals surface area contributed by atoms with Crippen LogP contribution in [0.25, 0.3) is 0 Å². The first kappa shape index (κ1) is 13.6. The number of rotatable bonds is 5. The van der Waals surface area contributed by atoms with Crippen molar-refractivity contribution in [1.82, 2.24) is 4.37 Å². The van der Waals surface area contributed by atoms with Crippen molar-refractivity contribution in [2.75, 3.05) is 11.1 Å². The molecule has 4 nitrogen and oxygen atoms in total. The smallest absolute Gasteiger partial charge is 0.197 e. The number of nitrogen functional groups attached to an aromatic ring is 1. The van der Waals surface area contributed by atoms with Gasteiger partial charge in [-0.05, 0) is 43.1 Å². The Balaban J connectivity index is 2.07. The Morgan fingerprint density at radius 2 is 2.26 bits per heavy atom. The van der Waals surface area contributed by atoms with E-state index in [0.717, 1.165) is 10.6 Å². The monoisotopic (exact) mass is 281 g/mol. The van der Waals surface area contributed by atoms with Crippen molar-refractivity contribution in [1.29, 1.82) is 0 Å². The lowest BCUT2D eigenvalue weighted by atomic mass is 10.2. The van der Waals surface area contributed by atoms with Crippen LogP contribution in [0.15, 0.2) is 24.3 Å². The number of halogens is 1. The van der Waals surface area contributed by atoms with Gasteiger partial charge in [-0.3, -0.25) is 0 Å². The molecule has 0 bridgehead atoms. The van der Waals surface area contributed by atoms with Crippen molar-refractivity contribution in [3.63, 3.8) is 0 Å². The van der Waals surface area contributed by atoms with Crippen molar-refractivity contribution in [2.24, 2.45) is 0 Å². The fourth-order valence-corrected chi connectivity index (χ4v) is 2.23. The topological polar surface area (TPSA) is 60.2 Å². The summed E-state index contributed by atoms with van der Waals surface area (Å²) in [4.78, 5) is 0. The first-order valence-electron chi connectivity index (χ1n) is 5.96. The zero-order valence-electron chi connectivity index (χ0n) is 10.8. The molecule has 1 aromatic heterocycles. The Kier molecular flexibility index (Phi) is 4.21. The number of benzene rings is 1. The first-order valence-corrected chi connectivity index (χ1v) is 6.73. The normalized spacial score (nSPS) is 10.7. The maximum Gasteiger partial charge on any atom is 0.197 e. The molecule has 0 atom stereocenters. The molecular formula is C13H16FN3OS. The molecule has 0 unspecified atom stereocenters. The third kappa shape index (κ3) is 3.57. The van der Waals surface area contributed by atoms with Gasteiger partial charge in [-0.25, -0.2) is 4.39 Å². The molecule has 102 valence electrons. The van der Waals surface area contributed by atoms with Crippen molar-refractivity contribution in [3.8, 4) is 5.75 Å². The van der Waals surface area contributed by atoms with Crippen molar-refractivity contribution < 1.29 is 9.13 Å². The molecule has 2 rings (SSSR count). The highest BCUT2D eigenvalue weighted by molar-refractivity contribution is 7.11. The average Bonchev–Trinajstić information content (AvgIpc) is 2.68. The zero-order chi connectivity index (χ0) is 13.8. The summed E-state index contributed by atoms with van der Waals surface area (Å²) in [6.07, 6.45) is 0.0217. The van der Waals surface area contributed by atoms with Crippen molar-refractivity contribution in [2.45, 2.75) is 26.5 Å². The summed E-state index contributed by atoms with van der Waals surface area (Å²) in [6, 6.07) is 6.43. The minimum atomic E-state index is -0.248. The van der Waals surface area contributed by atoms with E-state index in [4.69, 9.17) is 10.5 Å². The molecule has 0 amide bonds. The lowest BCUT2D eigenvalue weighted by molar-refractivity contribution is 0.245. The Hall–Kier alpha value is -1.82. The van der Waals surface area contributed by atoms with Gasteiger partial charge >= 0.3 is 0 Å². The summed E-state index contributed by atoms with van der Waals surface area (Å²) in [7, 11) is 0. The number of nitrogens with one attached hydrogen (secondary N) is 1. The summed E-state index contributed by atoms with van der Waals surface area (Å²) in [5, 5.41) is 3.93. The quantitative estimate of drug-likeness (QED) is 0.883. The second-order valence-corrected chi connectivity index (χ2v) is 5.15. The van der Waals surface area contributed by atoms with Gasteiger partial charge < -0.3 is 15.8 Å². The second-order valence-electron chi connectivity index (χ2n) is 4.38. The second kappa shape index (κ2) is 5.88. The molecule has 0 aliphatic rings. The van der Waals surface area contributed by atoms with Gasteiger partial charge in [0.2, 0.25) is 0 Å². The van der Waals surface area contributed by atoms with Gasteiger partial charge in [0.15, 0.2) is 16.6 Å². The highest BCUT2D eigenvalue weighted by Crippen LogP contribution is 2.36. The summed E-state index contributed by atoms with van der Waals surface area (Å²) >= 11 is 1.24. The maximum atomic E-state index is 13.1. The van der Waals surface area contributed by atoms with Crippen LogP contribution in [0, 0.1) is 5.82 Å². The Morgan fingerprint density at radius 3 is 2.95 bits per heavy atom. The average molecular weight is 281 g/mol. The van der Waals surface area contributed by atoms with Gasteiger partial charge in [0.1, 0.15) is 5.82 Å². The first-order chi connectivity index (χ1) is 9.06. The van der Waals surface area contributed by atoms with Crippen molar-refractivity contribution >= 4 is 22.4 Å². The van der Waals surface area contributed by atoms with Crippen LogP contribution in [0.4, 0.5) is 15.2 Å². The van der Waals surface area contributed by atoms with Gasteiger partial charge in [-0.2, -0.15) is 4.37 Å². The molecule has 0 aliphatic carbocycles. The molecule has 0 aliphatic heterocycles. The number of aromatic nitrogens is 1. The molecule has 0 spiro atoms. The predicted octanol–water partition coefficient (Wildman–Crippen LogP) is 3.26. The van der Waals surface area contributed by atoms with E-state index in [1.807, 2.05) is 19.9 Å². The van der Waals surface area contributed by atoms with Gasteiger partial charge in [-0.1, -0.05) is 12.1 Å². The fraction of sp³-hybridized carbons (Fsp3) is 0.308. The minimum absolute atomic E-state index is 0.0217. The molecule has 0 saturated carbocycles. The van der Waals surface area contributed by atoms with E-state index in [-0.39, 0.29) is 11.9 Å². The Bertz CT molecular complexity index is 557. The fourth-order valence-electron chi connectivity index (χ4n) is 1.59. The van der Waals surface area contributed by atoms with Crippen molar-refractivity contribution in [3.05, 3.63) is 35.6 Å². The number of nitrogens with two attached hydrogens (primary N) is 1. The largest absolute Gasteiger partial charge is 0.484 e. The van der Waals surface area contributed by atoms with E-state index in [0.29, 0.717) is 18.1 Å². The Labute approximate surface area is 115 Å². The highest BCUT2D eigenvalue weighted by Gasteiger charge is 2.14. The SMILES string of the molecule is CC(C)Oc1c(N)nsc1NCc1cccc(F)c1. The number of ether oxygens (including phenoxy) is 1. The van der Waals surface area contributed by atoms with Crippen LogP contribution in [0.3, 0.4) is 0 Å². The standard InChI is InChI=1S/C13H16FN3OS/c1-8(2)18-11-12(15)17-19-13(11)16-7-9-4-3-5-10(14)6-9/h3-6,8,16H,7H2,1-2H3,(H2,15,17). The van der Waals surface area contributed by atoms with Crippen LogP contribution in [0.5, 0.6) is 5.75 Å². The molecule has 19 heavy (non-hydrogen) atoms. The van der Waals surface area contributed by atoms with Crippen LogP contribution >= 0.6 is 11.5 Å². The number of hydrogen-bond acceptors (Lipinski definition) is 5. The van der Waals surface area contributed by atoms with Crippen LogP contribution in [-0.2, 0) is 6.54 Å². The van der Waals surface area contributed by atoms with E-state index < -0.39 is 0 Å². The molecule has 6 heteroatoms. The highest BCUT2D eigenvalue weighted by atomic mass is 32.1. The number of anilines is 2. The molecular weight excluding hydrogens is 265 g/mol. The van der Waals surface area contributed by atoms with Crippen LogP contribution in [-0.4, -0.2) is 10.5 Å². The van der Waals surface area contributed by atoms with Gasteiger partial charge in [-0.15, -0.1) is 0 Å².